The van der Waals surface area contributed by atoms with Crippen LogP contribution in [0.3, 0.4) is 0 Å². The van der Waals surface area contributed by atoms with Crippen LogP contribution in [-0.4, -0.2) is 32.3 Å². The highest BCUT2D eigenvalue weighted by Crippen LogP contribution is 2.44. The molecule has 0 radical (unpaired) electrons. The van der Waals surface area contributed by atoms with E-state index in [2.05, 4.69) is 30.1 Å². The average Bonchev–Trinajstić information content (AvgIpc) is 3.16. The minimum Gasteiger partial charge on any atom is -0.495 e. The maximum absolute atomic E-state index is 13.7. The molecule has 0 aromatic heterocycles. The molecule has 2 aliphatic carbocycles. The fraction of sp³-hybridized carbons (Fsp3) is 0.516. The van der Waals surface area contributed by atoms with Gasteiger partial charge in [0, 0.05) is 5.92 Å². The van der Waals surface area contributed by atoms with Crippen LogP contribution >= 0.6 is 11.6 Å². The van der Waals surface area contributed by atoms with Crippen LogP contribution in [0.25, 0.3) is 0 Å². The van der Waals surface area contributed by atoms with Crippen molar-refractivity contribution < 1.29 is 14.3 Å². The third kappa shape index (κ3) is 6.15. The van der Waals surface area contributed by atoms with E-state index in [-0.39, 0.29) is 12.1 Å². The lowest BCUT2D eigenvalue weighted by Gasteiger charge is -2.44. The molecule has 194 valence electrons. The molecule has 3 atom stereocenters. The Morgan fingerprint density at radius 3 is 2.53 bits per heavy atom. The van der Waals surface area contributed by atoms with Gasteiger partial charge in [-0.3, -0.25) is 4.79 Å². The van der Waals surface area contributed by atoms with E-state index in [9.17, 15) is 4.79 Å². The van der Waals surface area contributed by atoms with Crippen LogP contribution in [0.2, 0.25) is 5.02 Å². The van der Waals surface area contributed by atoms with Gasteiger partial charge in [-0.05, 0) is 74.4 Å². The molecular weight excluding hydrogens is 470 g/mol. The van der Waals surface area contributed by atoms with Crippen molar-refractivity contribution >= 4 is 17.6 Å². The first-order valence-electron chi connectivity index (χ1n) is 13.5. The van der Waals surface area contributed by atoms with Gasteiger partial charge in [-0.15, -0.1) is 6.58 Å². The van der Waals surface area contributed by atoms with Crippen molar-refractivity contribution in [3.63, 3.8) is 0 Å². The third-order valence-corrected chi connectivity index (χ3v) is 8.52. The smallest absolute Gasteiger partial charge is 0.316 e. The van der Waals surface area contributed by atoms with E-state index in [0.717, 1.165) is 63.6 Å². The lowest BCUT2D eigenvalue weighted by Crippen LogP contribution is -2.48. The number of nitrogens with one attached hydrogen (secondary N) is 1. The predicted octanol–water partition coefficient (Wildman–Crippen LogP) is 6.90. The highest BCUT2D eigenvalue weighted by molar-refractivity contribution is 6.32. The number of carbonyl (C=O) groups excluding carboxylic acids is 1. The summed E-state index contributed by atoms with van der Waals surface area (Å²) in [7, 11) is 1.63. The fourth-order valence-electron chi connectivity index (χ4n) is 5.95. The predicted molar refractivity (Wildman–Crippen MR) is 147 cm³/mol. The van der Waals surface area contributed by atoms with Crippen LogP contribution in [-0.2, 0) is 21.4 Å². The highest BCUT2D eigenvalue weighted by Gasteiger charge is 2.47. The first kappa shape index (κ1) is 26.8. The summed E-state index contributed by atoms with van der Waals surface area (Å²) in [5.74, 6) is 1.42. The fourth-order valence-corrected chi connectivity index (χ4v) is 6.23. The third-order valence-electron chi connectivity index (χ3n) is 8.23. The second kappa shape index (κ2) is 12.8. The van der Waals surface area contributed by atoms with E-state index in [1.54, 1.807) is 7.11 Å². The molecule has 0 aliphatic heterocycles. The van der Waals surface area contributed by atoms with Gasteiger partial charge in [0.2, 0.25) is 0 Å². The highest BCUT2D eigenvalue weighted by atomic mass is 35.5. The van der Waals surface area contributed by atoms with Crippen molar-refractivity contribution in [1.29, 1.82) is 0 Å². The number of rotatable bonds is 11. The molecule has 2 saturated carbocycles. The molecule has 1 N–H and O–H groups in total. The van der Waals surface area contributed by atoms with Crippen LogP contribution in [0.15, 0.2) is 61.2 Å². The summed E-state index contributed by atoms with van der Waals surface area (Å²) in [6.45, 7) is 5.79. The zero-order valence-corrected chi connectivity index (χ0v) is 22.3. The number of esters is 1. The van der Waals surface area contributed by atoms with Crippen LogP contribution in [0.4, 0.5) is 0 Å². The van der Waals surface area contributed by atoms with Gasteiger partial charge in [0.1, 0.15) is 11.9 Å². The Hall–Kier alpha value is -2.30. The molecular formula is C31H40ClNO3. The molecule has 2 unspecified atom stereocenters. The summed E-state index contributed by atoms with van der Waals surface area (Å²) >= 11 is 6.24. The molecule has 5 heteroatoms. The Balaban J connectivity index is 1.31. The number of hydrogen-bond donors (Lipinski definition) is 1. The van der Waals surface area contributed by atoms with Crippen LogP contribution in [0.5, 0.6) is 5.75 Å². The summed E-state index contributed by atoms with van der Waals surface area (Å²) in [5, 5.41) is 4.20. The number of carbonyl (C=O) groups is 1. The number of halogens is 1. The number of ether oxygens (including phenoxy) is 2. The van der Waals surface area contributed by atoms with Crippen molar-refractivity contribution in [3.05, 3.63) is 77.3 Å². The van der Waals surface area contributed by atoms with E-state index >= 15 is 0 Å². The molecule has 4 nitrogen and oxygen atoms in total. The van der Waals surface area contributed by atoms with E-state index in [1.807, 2.05) is 36.4 Å². The van der Waals surface area contributed by atoms with E-state index in [4.69, 9.17) is 21.1 Å². The van der Waals surface area contributed by atoms with Crippen LogP contribution < -0.4 is 10.1 Å². The Labute approximate surface area is 221 Å². The maximum atomic E-state index is 13.7. The van der Waals surface area contributed by atoms with Crippen molar-refractivity contribution in [3.8, 4) is 5.75 Å². The monoisotopic (exact) mass is 509 g/mol. The second-order valence-electron chi connectivity index (χ2n) is 10.4. The lowest BCUT2D eigenvalue weighted by atomic mass is 9.68. The zero-order valence-electron chi connectivity index (χ0n) is 21.5. The Kier molecular flexibility index (Phi) is 9.50. The first-order valence-corrected chi connectivity index (χ1v) is 13.9. The van der Waals surface area contributed by atoms with Gasteiger partial charge in [0.25, 0.3) is 0 Å². The van der Waals surface area contributed by atoms with Gasteiger partial charge in [-0.1, -0.05) is 79.8 Å². The first-order chi connectivity index (χ1) is 17.6. The maximum Gasteiger partial charge on any atom is 0.316 e. The number of hydrogen-bond acceptors (Lipinski definition) is 4. The SMILES string of the molecule is C=CC1C[C@H](OC(=O)C2(c3ccccc3)CCCCCC2)C1CCNCCc1ccc(OC)c(Cl)c1. The summed E-state index contributed by atoms with van der Waals surface area (Å²) in [6.07, 6.45) is 11.1. The number of benzene rings is 2. The molecule has 2 aromatic rings. The van der Waals surface area contributed by atoms with Crippen molar-refractivity contribution in [2.45, 2.75) is 69.3 Å². The van der Waals surface area contributed by atoms with Crippen LogP contribution in [0.1, 0.15) is 62.5 Å². The summed E-state index contributed by atoms with van der Waals surface area (Å²) in [5.41, 5.74) is 1.80. The summed E-state index contributed by atoms with van der Waals surface area (Å²) in [6, 6.07) is 16.3. The van der Waals surface area contributed by atoms with E-state index < -0.39 is 5.41 Å². The van der Waals surface area contributed by atoms with Gasteiger partial charge in [0.05, 0.1) is 17.5 Å². The molecule has 4 rings (SSSR count). The average molecular weight is 510 g/mol. The molecule has 0 spiro atoms. The van der Waals surface area contributed by atoms with E-state index in [0.29, 0.717) is 22.6 Å². The number of methoxy groups -OCH3 is 1. The quantitative estimate of drug-likeness (QED) is 0.155. The topological polar surface area (TPSA) is 47.6 Å². The van der Waals surface area contributed by atoms with Crippen molar-refractivity contribution in [2.24, 2.45) is 11.8 Å². The van der Waals surface area contributed by atoms with E-state index in [1.165, 1.54) is 18.4 Å². The Bertz CT molecular complexity index is 1000. The minimum atomic E-state index is -0.501. The standard InChI is InChI=1S/C31H40ClNO3/c1-3-24-22-29(26(24)16-20-33-19-15-23-13-14-28(35-2)27(32)21-23)36-30(34)31(17-9-4-5-10-18-31)25-11-7-6-8-12-25/h3,6-8,11-14,21,24,26,29,33H,1,4-5,9-10,15-20,22H2,2H3/t24?,26?,29-/m0/s1. The molecule has 0 heterocycles. The van der Waals surface area contributed by atoms with Crippen LogP contribution in [0, 0.1) is 11.8 Å². The largest absolute Gasteiger partial charge is 0.495 e. The van der Waals surface area contributed by atoms with Gasteiger partial charge in [0.15, 0.2) is 0 Å². The molecule has 0 bridgehead atoms. The second-order valence-corrected chi connectivity index (χ2v) is 10.8. The van der Waals surface area contributed by atoms with Gasteiger partial charge >= 0.3 is 5.97 Å². The molecule has 0 amide bonds. The minimum absolute atomic E-state index is 0.0162. The summed E-state index contributed by atoms with van der Waals surface area (Å²) < 4.78 is 11.5. The molecule has 2 aromatic carbocycles. The normalized spacial score (nSPS) is 23.2. The molecule has 0 saturated heterocycles. The van der Waals surface area contributed by atoms with Gasteiger partial charge < -0.3 is 14.8 Å². The van der Waals surface area contributed by atoms with Crippen molar-refractivity contribution in [1.82, 2.24) is 5.32 Å². The number of allylic oxidation sites excluding steroid dienone is 1. The molecule has 36 heavy (non-hydrogen) atoms. The lowest BCUT2D eigenvalue weighted by molar-refractivity contribution is -0.169. The zero-order chi connectivity index (χ0) is 25.4. The van der Waals surface area contributed by atoms with Gasteiger partial charge in [-0.25, -0.2) is 0 Å². The molecule has 2 fully saturated rings. The van der Waals surface area contributed by atoms with Crippen molar-refractivity contribution in [2.75, 3.05) is 20.2 Å². The molecule has 2 aliphatic rings. The summed E-state index contributed by atoms with van der Waals surface area (Å²) in [4.78, 5) is 13.7. The Morgan fingerprint density at radius 2 is 1.86 bits per heavy atom. The Morgan fingerprint density at radius 1 is 1.11 bits per heavy atom. The van der Waals surface area contributed by atoms with Gasteiger partial charge in [-0.2, -0.15) is 0 Å².